The average molecular weight is 390 g/mol. The molecule has 0 bridgehead atoms. The van der Waals surface area contributed by atoms with Crippen LogP contribution in [-0.2, 0) is 0 Å². The van der Waals surface area contributed by atoms with Crippen LogP contribution in [0.4, 0.5) is 28.8 Å². The van der Waals surface area contributed by atoms with Crippen molar-refractivity contribution in [3.05, 3.63) is 65.9 Å². The lowest BCUT2D eigenvalue weighted by atomic mass is 10.1. The van der Waals surface area contributed by atoms with Crippen LogP contribution in [0.5, 0.6) is 0 Å². The van der Waals surface area contributed by atoms with Crippen LogP contribution in [0.3, 0.4) is 0 Å². The molecule has 0 aliphatic heterocycles. The van der Waals surface area contributed by atoms with Crippen molar-refractivity contribution in [2.45, 2.75) is 27.7 Å². The molecule has 0 aliphatic carbocycles. The van der Waals surface area contributed by atoms with E-state index >= 15 is 0 Å². The highest BCUT2D eigenvalue weighted by Crippen LogP contribution is 2.22. The van der Waals surface area contributed by atoms with Gasteiger partial charge in [-0.1, -0.05) is 12.1 Å². The number of hydrogen-bond acceptors (Lipinski definition) is 6. The van der Waals surface area contributed by atoms with E-state index in [1.165, 1.54) is 5.69 Å². The molecule has 0 radical (unpaired) electrons. The first-order valence-corrected chi connectivity index (χ1v) is 9.84. The predicted octanol–water partition coefficient (Wildman–Crippen LogP) is 5.32. The molecular formula is C23H27N5O. The van der Waals surface area contributed by atoms with Crippen LogP contribution in [0, 0.1) is 6.92 Å². The number of nitrogens with zero attached hydrogens (tertiary/aromatic N) is 3. The summed E-state index contributed by atoms with van der Waals surface area (Å²) in [6, 6.07) is 17.5. The summed E-state index contributed by atoms with van der Waals surface area (Å²) in [5, 5.41) is 6.52. The highest BCUT2D eigenvalue weighted by molar-refractivity contribution is 5.95. The third-order valence-electron chi connectivity index (χ3n) is 4.65. The van der Waals surface area contributed by atoms with E-state index in [4.69, 9.17) is 0 Å². The number of rotatable bonds is 8. The number of carbonyl (C=O) groups excluding carboxylic acids is 1. The van der Waals surface area contributed by atoms with Gasteiger partial charge >= 0.3 is 0 Å². The molecule has 0 fully saturated rings. The van der Waals surface area contributed by atoms with E-state index in [1.807, 2.05) is 25.1 Å². The molecular weight excluding hydrogens is 362 g/mol. The molecule has 29 heavy (non-hydrogen) atoms. The van der Waals surface area contributed by atoms with Crippen LogP contribution in [-0.4, -0.2) is 28.8 Å². The van der Waals surface area contributed by atoms with E-state index in [0.29, 0.717) is 17.3 Å². The van der Waals surface area contributed by atoms with Gasteiger partial charge in [0.1, 0.15) is 5.82 Å². The van der Waals surface area contributed by atoms with Crippen molar-refractivity contribution in [3.8, 4) is 0 Å². The molecule has 0 unspecified atom stereocenters. The van der Waals surface area contributed by atoms with Gasteiger partial charge in [0, 0.05) is 47.5 Å². The zero-order valence-electron chi connectivity index (χ0n) is 17.4. The van der Waals surface area contributed by atoms with E-state index in [9.17, 15) is 4.79 Å². The minimum atomic E-state index is 0.0225. The maximum Gasteiger partial charge on any atom is 0.229 e. The largest absolute Gasteiger partial charge is 0.372 e. The molecule has 1 heterocycles. The molecule has 3 rings (SSSR count). The Morgan fingerprint density at radius 3 is 2.31 bits per heavy atom. The Balaban J connectivity index is 1.77. The second-order valence-corrected chi connectivity index (χ2v) is 6.82. The van der Waals surface area contributed by atoms with E-state index in [-0.39, 0.29) is 5.78 Å². The van der Waals surface area contributed by atoms with Gasteiger partial charge < -0.3 is 15.5 Å². The Morgan fingerprint density at radius 1 is 0.931 bits per heavy atom. The summed E-state index contributed by atoms with van der Waals surface area (Å²) in [5.74, 6) is 1.21. The van der Waals surface area contributed by atoms with Gasteiger partial charge in [-0.05, 0) is 64.1 Å². The molecule has 2 N–H and O–H groups in total. The fourth-order valence-electron chi connectivity index (χ4n) is 3.13. The Morgan fingerprint density at radius 2 is 1.66 bits per heavy atom. The van der Waals surface area contributed by atoms with Crippen LogP contribution in [0.1, 0.15) is 36.8 Å². The highest BCUT2D eigenvalue weighted by Gasteiger charge is 2.07. The number of aryl methyl sites for hydroxylation is 1. The first-order valence-electron chi connectivity index (χ1n) is 9.84. The third kappa shape index (κ3) is 5.31. The fraction of sp³-hybridized carbons (Fsp3) is 0.261. The van der Waals surface area contributed by atoms with Crippen molar-refractivity contribution < 1.29 is 4.79 Å². The maximum atomic E-state index is 11.6. The van der Waals surface area contributed by atoms with Crippen molar-refractivity contribution in [2.75, 3.05) is 28.6 Å². The van der Waals surface area contributed by atoms with Crippen molar-refractivity contribution >= 4 is 34.6 Å². The molecule has 0 atom stereocenters. The van der Waals surface area contributed by atoms with Gasteiger partial charge in [-0.3, -0.25) is 4.79 Å². The lowest BCUT2D eigenvalue weighted by molar-refractivity contribution is 0.101. The summed E-state index contributed by atoms with van der Waals surface area (Å²) in [4.78, 5) is 22.9. The third-order valence-corrected chi connectivity index (χ3v) is 4.65. The lowest BCUT2D eigenvalue weighted by Crippen LogP contribution is -2.21. The summed E-state index contributed by atoms with van der Waals surface area (Å²) in [6.07, 6.45) is 0. The molecule has 0 saturated carbocycles. The lowest BCUT2D eigenvalue weighted by Gasteiger charge is -2.21. The maximum absolute atomic E-state index is 11.6. The minimum Gasteiger partial charge on any atom is -0.372 e. The fourth-order valence-corrected chi connectivity index (χ4v) is 3.13. The van der Waals surface area contributed by atoms with Gasteiger partial charge in [-0.25, -0.2) is 4.98 Å². The summed E-state index contributed by atoms with van der Waals surface area (Å²) < 4.78 is 0. The molecule has 6 heteroatoms. The van der Waals surface area contributed by atoms with Gasteiger partial charge in [0.05, 0.1) is 0 Å². The number of benzene rings is 2. The average Bonchev–Trinajstić information content (AvgIpc) is 2.70. The van der Waals surface area contributed by atoms with Crippen LogP contribution in [0.25, 0.3) is 0 Å². The zero-order chi connectivity index (χ0) is 20.8. The van der Waals surface area contributed by atoms with Gasteiger partial charge in [0.15, 0.2) is 5.78 Å². The molecule has 3 aromatic rings. The second-order valence-electron chi connectivity index (χ2n) is 6.82. The number of Topliss-reactive ketones (excluding diaryl/α,β-unsaturated/α-hetero) is 1. The van der Waals surface area contributed by atoms with E-state index in [0.717, 1.165) is 30.2 Å². The predicted molar refractivity (Wildman–Crippen MR) is 120 cm³/mol. The summed E-state index contributed by atoms with van der Waals surface area (Å²) >= 11 is 0. The molecule has 0 saturated heterocycles. The molecule has 150 valence electrons. The van der Waals surface area contributed by atoms with Gasteiger partial charge in [-0.15, -0.1) is 0 Å². The van der Waals surface area contributed by atoms with Crippen molar-refractivity contribution in [2.24, 2.45) is 0 Å². The molecule has 6 nitrogen and oxygen atoms in total. The van der Waals surface area contributed by atoms with Crippen molar-refractivity contribution in [1.82, 2.24) is 9.97 Å². The Labute approximate surface area is 172 Å². The number of anilines is 5. The molecule has 0 aliphatic rings. The zero-order valence-corrected chi connectivity index (χ0v) is 17.4. The monoisotopic (exact) mass is 389 g/mol. The minimum absolute atomic E-state index is 0.0225. The second kappa shape index (κ2) is 9.19. The Hall–Kier alpha value is -3.41. The molecule has 2 aromatic carbocycles. The van der Waals surface area contributed by atoms with Crippen molar-refractivity contribution in [1.29, 1.82) is 0 Å². The van der Waals surface area contributed by atoms with Crippen LogP contribution < -0.4 is 15.5 Å². The number of ketones is 1. The Kier molecular flexibility index (Phi) is 6.44. The summed E-state index contributed by atoms with van der Waals surface area (Å²) in [6.45, 7) is 9.74. The Bertz CT molecular complexity index is 981. The molecule has 0 amide bonds. The topological polar surface area (TPSA) is 70.2 Å². The number of aromatic nitrogens is 2. The van der Waals surface area contributed by atoms with Gasteiger partial charge in [0.2, 0.25) is 5.95 Å². The number of hydrogen-bond donors (Lipinski definition) is 2. The smallest absolute Gasteiger partial charge is 0.229 e. The van der Waals surface area contributed by atoms with E-state index in [2.05, 4.69) is 63.6 Å². The quantitative estimate of drug-likeness (QED) is 0.508. The van der Waals surface area contributed by atoms with Crippen molar-refractivity contribution in [3.63, 3.8) is 0 Å². The molecule has 0 spiro atoms. The van der Waals surface area contributed by atoms with Gasteiger partial charge in [-0.2, -0.15) is 4.98 Å². The standard InChI is InChI=1S/C23H27N5O/c1-5-28(6-2)21-12-10-19(11-13-21)25-22-14-16(3)24-23(27-22)26-20-9-7-8-18(15-20)17(4)29/h7-15H,5-6H2,1-4H3,(H2,24,25,26,27). The number of nitrogens with one attached hydrogen (secondary N) is 2. The first-order chi connectivity index (χ1) is 14.0. The van der Waals surface area contributed by atoms with Crippen LogP contribution in [0.15, 0.2) is 54.6 Å². The first kappa shape index (κ1) is 20.3. The summed E-state index contributed by atoms with van der Waals surface area (Å²) in [7, 11) is 0. The SMILES string of the molecule is CCN(CC)c1ccc(Nc2cc(C)nc(Nc3cccc(C(C)=O)c3)n2)cc1. The summed E-state index contributed by atoms with van der Waals surface area (Å²) in [5.41, 5.74) is 4.43. The van der Waals surface area contributed by atoms with Gasteiger partial charge in [0.25, 0.3) is 0 Å². The molecule has 1 aromatic heterocycles. The number of carbonyl (C=O) groups is 1. The van der Waals surface area contributed by atoms with Crippen LogP contribution in [0.2, 0.25) is 0 Å². The highest BCUT2D eigenvalue weighted by atomic mass is 16.1. The van der Waals surface area contributed by atoms with E-state index in [1.54, 1.807) is 19.1 Å². The normalized spacial score (nSPS) is 10.5. The van der Waals surface area contributed by atoms with Crippen LogP contribution >= 0.6 is 0 Å². The van der Waals surface area contributed by atoms with E-state index < -0.39 is 0 Å².